The van der Waals surface area contributed by atoms with Crippen LogP contribution in [0.3, 0.4) is 0 Å². The minimum absolute atomic E-state index is 0.0201. The van der Waals surface area contributed by atoms with Crippen LogP contribution >= 0.6 is 0 Å². The van der Waals surface area contributed by atoms with Crippen LogP contribution in [-0.4, -0.2) is 46.9 Å². The van der Waals surface area contributed by atoms with Crippen molar-refractivity contribution in [2.75, 3.05) is 6.61 Å². The average molecular weight is 378 g/mol. The lowest BCUT2D eigenvalue weighted by Crippen LogP contribution is -2.55. The van der Waals surface area contributed by atoms with E-state index in [4.69, 9.17) is 4.74 Å². The molecule has 1 aliphatic carbocycles. The predicted molar refractivity (Wildman–Crippen MR) is 96.8 cm³/mol. The van der Waals surface area contributed by atoms with Crippen molar-refractivity contribution >= 4 is 18.0 Å². The molecule has 1 aromatic carbocycles. The minimum atomic E-state index is -1.28. The SMILES string of the molecule is O=C(N[C@@H](CO)C(=O)N[C@H](C(=O)O)C1CCCCC1)OCc1ccccc1. The number of carbonyl (C=O) groups excluding carboxylic acids is 2. The van der Waals surface area contributed by atoms with Crippen LogP contribution in [0.1, 0.15) is 37.7 Å². The fourth-order valence-electron chi connectivity index (χ4n) is 3.20. The van der Waals surface area contributed by atoms with E-state index in [1.165, 1.54) is 0 Å². The number of aliphatic hydroxyl groups excluding tert-OH is 1. The Morgan fingerprint density at radius 1 is 1.07 bits per heavy atom. The van der Waals surface area contributed by atoms with Crippen molar-refractivity contribution in [2.24, 2.45) is 5.92 Å². The summed E-state index contributed by atoms with van der Waals surface area (Å²) in [6.07, 6.45) is 3.51. The molecule has 1 aliphatic rings. The van der Waals surface area contributed by atoms with Gasteiger partial charge in [-0.2, -0.15) is 0 Å². The molecule has 0 radical (unpaired) electrons. The van der Waals surface area contributed by atoms with Gasteiger partial charge >= 0.3 is 12.1 Å². The maximum Gasteiger partial charge on any atom is 0.408 e. The molecule has 148 valence electrons. The quantitative estimate of drug-likeness (QED) is 0.542. The van der Waals surface area contributed by atoms with E-state index in [0.717, 1.165) is 37.7 Å². The lowest BCUT2D eigenvalue weighted by Gasteiger charge is -2.29. The Balaban J connectivity index is 1.87. The first-order chi connectivity index (χ1) is 13.0. The highest BCUT2D eigenvalue weighted by Crippen LogP contribution is 2.26. The van der Waals surface area contributed by atoms with Gasteiger partial charge in [-0.05, 0) is 24.3 Å². The zero-order valence-electron chi connectivity index (χ0n) is 15.1. The monoisotopic (exact) mass is 378 g/mol. The second kappa shape index (κ2) is 10.5. The molecular formula is C19H26N2O6. The van der Waals surface area contributed by atoms with Gasteiger partial charge in [-0.1, -0.05) is 49.6 Å². The molecular weight excluding hydrogens is 352 g/mol. The summed E-state index contributed by atoms with van der Waals surface area (Å²) in [7, 11) is 0. The van der Waals surface area contributed by atoms with E-state index in [1.807, 2.05) is 6.07 Å². The summed E-state index contributed by atoms with van der Waals surface area (Å²) in [5.74, 6) is -2.00. The molecule has 0 spiro atoms. The summed E-state index contributed by atoms with van der Waals surface area (Å²) < 4.78 is 5.02. The van der Waals surface area contributed by atoms with Crippen molar-refractivity contribution in [1.82, 2.24) is 10.6 Å². The van der Waals surface area contributed by atoms with Gasteiger partial charge in [0.2, 0.25) is 5.91 Å². The summed E-state index contributed by atoms with van der Waals surface area (Å²) in [6, 6.07) is 6.69. The number of alkyl carbamates (subject to hydrolysis) is 1. The number of rotatable bonds is 8. The molecule has 0 aliphatic heterocycles. The molecule has 2 atom stereocenters. The van der Waals surface area contributed by atoms with Gasteiger partial charge in [-0.25, -0.2) is 9.59 Å². The van der Waals surface area contributed by atoms with Gasteiger partial charge in [0.25, 0.3) is 0 Å². The van der Waals surface area contributed by atoms with Crippen LogP contribution in [0.5, 0.6) is 0 Å². The zero-order valence-corrected chi connectivity index (χ0v) is 15.1. The number of nitrogens with one attached hydrogen (secondary N) is 2. The molecule has 27 heavy (non-hydrogen) atoms. The molecule has 1 saturated carbocycles. The third-order valence-corrected chi connectivity index (χ3v) is 4.69. The highest BCUT2D eigenvalue weighted by molar-refractivity contribution is 5.89. The van der Waals surface area contributed by atoms with Crippen LogP contribution in [0.4, 0.5) is 4.79 Å². The van der Waals surface area contributed by atoms with Crippen molar-refractivity contribution in [3.8, 4) is 0 Å². The molecule has 0 heterocycles. The lowest BCUT2D eigenvalue weighted by molar-refractivity contribution is -0.144. The van der Waals surface area contributed by atoms with Gasteiger partial charge in [0.15, 0.2) is 0 Å². The second-order valence-electron chi connectivity index (χ2n) is 6.66. The first-order valence-electron chi connectivity index (χ1n) is 9.12. The van der Waals surface area contributed by atoms with Crippen molar-refractivity contribution in [3.05, 3.63) is 35.9 Å². The molecule has 2 rings (SSSR count). The summed E-state index contributed by atoms with van der Waals surface area (Å²) >= 11 is 0. The zero-order chi connectivity index (χ0) is 19.6. The number of hydrogen-bond donors (Lipinski definition) is 4. The van der Waals surface area contributed by atoms with Crippen LogP contribution in [-0.2, 0) is 20.9 Å². The first-order valence-corrected chi connectivity index (χ1v) is 9.12. The Bertz CT molecular complexity index is 630. The van der Waals surface area contributed by atoms with Crippen molar-refractivity contribution in [3.63, 3.8) is 0 Å². The Kier molecular flexibility index (Phi) is 8.06. The smallest absolute Gasteiger partial charge is 0.408 e. The predicted octanol–water partition coefficient (Wildman–Crippen LogP) is 1.42. The molecule has 4 N–H and O–H groups in total. The van der Waals surface area contributed by atoms with Crippen LogP contribution in [0, 0.1) is 5.92 Å². The largest absolute Gasteiger partial charge is 0.480 e. The van der Waals surface area contributed by atoms with E-state index >= 15 is 0 Å². The molecule has 0 saturated heterocycles. The number of aliphatic hydroxyl groups is 1. The van der Waals surface area contributed by atoms with Gasteiger partial charge < -0.3 is 25.6 Å². The van der Waals surface area contributed by atoms with E-state index in [2.05, 4.69) is 10.6 Å². The Morgan fingerprint density at radius 3 is 2.33 bits per heavy atom. The number of carboxylic acid groups (broad SMARTS) is 1. The number of hydrogen-bond acceptors (Lipinski definition) is 5. The third-order valence-electron chi connectivity index (χ3n) is 4.69. The number of carbonyl (C=O) groups is 3. The molecule has 0 unspecified atom stereocenters. The second-order valence-corrected chi connectivity index (χ2v) is 6.66. The van der Waals surface area contributed by atoms with Crippen LogP contribution in [0.15, 0.2) is 30.3 Å². The van der Waals surface area contributed by atoms with Crippen LogP contribution < -0.4 is 10.6 Å². The van der Waals surface area contributed by atoms with E-state index in [-0.39, 0.29) is 12.5 Å². The topological polar surface area (TPSA) is 125 Å². The van der Waals surface area contributed by atoms with Crippen molar-refractivity contribution in [1.29, 1.82) is 0 Å². The third kappa shape index (κ3) is 6.56. The molecule has 2 amide bonds. The van der Waals surface area contributed by atoms with E-state index in [0.29, 0.717) is 0 Å². The Morgan fingerprint density at radius 2 is 1.74 bits per heavy atom. The number of ether oxygens (including phenoxy) is 1. The normalized spacial score (nSPS) is 16.8. The molecule has 1 aromatic rings. The van der Waals surface area contributed by atoms with Gasteiger partial charge in [0, 0.05) is 0 Å². The highest BCUT2D eigenvalue weighted by Gasteiger charge is 2.33. The van der Waals surface area contributed by atoms with Crippen LogP contribution in [0.2, 0.25) is 0 Å². The number of aliphatic carboxylic acids is 1. The van der Waals surface area contributed by atoms with Gasteiger partial charge in [0.05, 0.1) is 6.61 Å². The molecule has 8 nitrogen and oxygen atoms in total. The Hall–Kier alpha value is -2.61. The maximum absolute atomic E-state index is 12.3. The summed E-state index contributed by atoms with van der Waals surface area (Å²) in [4.78, 5) is 35.7. The maximum atomic E-state index is 12.3. The number of carboxylic acids is 1. The van der Waals surface area contributed by atoms with Crippen molar-refractivity contribution in [2.45, 2.75) is 50.8 Å². The molecule has 1 fully saturated rings. The molecule has 8 heteroatoms. The summed E-state index contributed by atoms with van der Waals surface area (Å²) in [5, 5.41) is 23.6. The summed E-state index contributed by atoms with van der Waals surface area (Å²) in [6.45, 7) is -0.643. The first kappa shape index (κ1) is 20.7. The fraction of sp³-hybridized carbons (Fsp3) is 0.526. The van der Waals surface area contributed by atoms with Gasteiger partial charge in [-0.3, -0.25) is 4.79 Å². The van der Waals surface area contributed by atoms with Gasteiger partial charge in [0.1, 0.15) is 18.7 Å². The van der Waals surface area contributed by atoms with E-state index < -0.39 is 36.7 Å². The minimum Gasteiger partial charge on any atom is -0.480 e. The number of benzene rings is 1. The number of amides is 2. The highest BCUT2D eigenvalue weighted by atomic mass is 16.5. The van der Waals surface area contributed by atoms with Gasteiger partial charge in [-0.15, -0.1) is 0 Å². The van der Waals surface area contributed by atoms with Crippen LogP contribution in [0.25, 0.3) is 0 Å². The van der Waals surface area contributed by atoms with Crippen molar-refractivity contribution < 1.29 is 29.3 Å². The van der Waals surface area contributed by atoms with E-state index in [9.17, 15) is 24.6 Å². The summed E-state index contributed by atoms with van der Waals surface area (Å²) in [5.41, 5.74) is 0.779. The molecule has 0 bridgehead atoms. The fourth-order valence-corrected chi connectivity index (χ4v) is 3.20. The molecule has 0 aromatic heterocycles. The standard InChI is InChI=1S/C19H26N2O6/c22-11-15(20-19(26)27-12-13-7-3-1-4-8-13)17(23)21-16(18(24)25)14-9-5-2-6-10-14/h1,3-4,7-8,14-16,22H,2,5-6,9-12H2,(H,20,26)(H,21,23)(H,24,25)/t15-,16-/m0/s1. The lowest BCUT2D eigenvalue weighted by atomic mass is 9.84. The Labute approximate surface area is 157 Å². The average Bonchev–Trinajstić information content (AvgIpc) is 2.69. The van der Waals surface area contributed by atoms with E-state index in [1.54, 1.807) is 24.3 Å².